The molecule has 0 aromatic heterocycles. The molecule has 6 heteroatoms. The maximum Gasteiger partial charge on any atom is 0.324 e. The third-order valence-corrected chi connectivity index (χ3v) is 5.85. The van der Waals surface area contributed by atoms with Crippen LogP contribution in [-0.4, -0.2) is 42.6 Å². The van der Waals surface area contributed by atoms with Gasteiger partial charge in [0.15, 0.2) is 0 Å². The van der Waals surface area contributed by atoms with Crippen molar-refractivity contribution in [3.05, 3.63) is 59.7 Å². The second-order valence-corrected chi connectivity index (χ2v) is 8.26. The van der Waals surface area contributed by atoms with Gasteiger partial charge in [0.2, 0.25) is 5.91 Å². The topological polar surface area (TPSA) is 61.9 Å². The van der Waals surface area contributed by atoms with Crippen molar-refractivity contribution in [2.75, 3.05) is 24.5 Å². The number of anilines is 1. The van der Waals surface area contributed by atoms with Gasteiger partial charge >= 0.3 is 6.03 Å². The van der Waals surface area contributed by atoms with Crippen molar-refractivity contribution in [2.24, 2.45) is 5.92 Å². The van der Waals surface area contributed by atoms with E-state index in [1.807, 2.05) is 72.2 Å². The molecule has 4 rings (SSSR count). The fourth-order valence-electron chi connectivity index (χ4n) is 4.16. The minimum atomic E-state index is -0.0505. The van der Waals surface area contributed by atoms with Crippen molar-refractivity contribution < 1.29 is 14.3 Å². The number of rotatable bonds is 3. The summed E-state index contributed by atoms with van der Waals surface area (Å²) in [4.78, 5) is 29.5. The molecule has 0 radical (unpaired) electrons. The minimum absolute atomic E-state index is 0.000133. The number of hydrogen-bond donors (Lipinski definition) is 1. The standard InChI is InChI=1S/C24H29N3O3/c1-17-8-9-22-21(14-17)27(16-18(2)30-22)24(29)26-12-10-20(11-13-26)23(28)25-15-19-6-4-3-5-7-19/h3-9,14,18,20H,10-13,15-16H2,1-2H3,(H,25,28). The van der Waals surface area contributed by atoms with Gasteiger partial charge in [0, 0.05) is 25.6 Å². The number of nitrogens with one attached hydrogen (secondary N) is 1. The van der Waals surface area contributed by atoms with Crippen LogP contribution in [0.25, 0.3) is 0 Å². The number of urea groups is 1. The van der Waals surface area contributed by atoms with Crippen molar-refractivity contribution in [2.45, 2.75) is 39.3 Å². The van der Waals surface area contributed by atoms with Gasteiger partial charge in [-0.3, -0.25) is 9.69 Å². The van der Waals surface area contributed by atoms with Gasteiger partial charge in [-0.25, -0.2) is 4.79 Å². The molecule has 2 aliphatic heterocycles. The van der Waals surface area contributed by atoms with E-state index in [-0.39, 0.29) is 24.0 Å². The first-order chi connectivity index (χ1) is 14.5. The molecule has 1 unspecified atom stereocenters. The number of likely N-dealkylation sites (tertiary alicyclic amines) is 1. The maximum absolute atomic E-state index is 13.3. The number of nitrogens with zero attached hydrogens (tertiary/aromatic N) is 2. The normalized spacial score (nSPS) is 19.1. The number of ether oxygens (including phenoxy) is 1. The molecule has 6 nitrogen and oxygen atoms in total. The Balaban J connectivity index is 1.34. The lowest BCUT2D eigenvalue weighted by Crippen LogP contribution is -2.52. The Morgan fingerprint density at radius 1 is 1.10 bits per heavy atom. The molecular formula is C24H29N3O3. The lowest BCUT2D eigenvalue weighted by atomic mass is 9.96. The minimum Gasteiger partial charge on any atom is -0.487 e. The summed E-state index contributed by atoms with van der Waals surface area (Å²) in [5, 5.41) is 3.03. The quantitative estimate of drug-likeness (QED) is 0.843. The average molecular weight is 408 g/mol. The first-order valence-electron chi connectivity index (χ1n) is 10.7. The van der Waals surface area contributed by atoms with E-state index in [2.05, 4.69) is 5.32 Å². The zero-order chi connectivity index (χ0) is 21.1. The molecule has 1 N–H and O–H groups in total. The molecule has 0 aliphatic carbocycles. The number of amides is 3. The van der Waals surface area contributed by atoms with E-state index in [0.29, 0.717) is 39.0 Å². The highest BCUT2D eigenvalue weighted by molar-refractivity contribution is 5.94. The molecule has 30 heavy (non-hydrogen) atoms. The predicted molar refractivity (Wildman–Crippen MR) is 117 cm³/mol. The Morgan fingerprint density at radius 3 is 2.57 bits per heavy atom. The summed E-state index contributed by atoms with van der Waals surface area (Å²) in [6, 6.07) is 15.9. The third kappa shape index (κ3) is 4.42. The molecule has 1 saturated heterocycles. The van der Waals surface area contributed by atoms with E-state index in [9.17, 15) is 9.59 Å². The molecule has 0 bridgehead atoms. The number of benzene rings is 2. The highest BCUT2D eigenvalue weighted by atomic mass is 16.5. The van der Waals surface area contributed by atoms with Gasteiger partial charge < -0.3 is 15.0 Å². The van der Waals surface area contributed by atoms with Crippen LogP contribution in [0, 0.1) is 12.8 Å². The predicted octanol–water partition coefficient (Wildman–Crippen LogP) is 3.73. The number of piperidine rings is 1. The van der Waals surface area contributed by atoms with E-state index in [0.717, 1.165) is 22.6 Å². The first-order valence-corrected chi connectivity index (χ1v) is 10.7. The molecule has 0 spiro atoms. The number of hydrogen-bond acceptors (Lipinski definition) is 3. The zero-order valence-electron chi connectivity index (χ0n) is 17.6. The Labute approximate surface area is 177 Å². The van der Waals surface area contributed by atoms with Crippen molar-refractivity contribution in [1.29, 1.82) is 0 Å². The number of carbonyl (C=O) groups is 2. The summed E-state index contributed by atoms with van der Waals surface area (Å²) < 4.78 is 5.90. The second-order valence-electron chi connectivity index (χ2n) is 8.26. The Bertz CT molecular complexity index is 907. The van der Waals surface area contributed by atoms with Crippen molar-refractivity contribution >= 4 is 17.6 Å². The number of aryl methyl sites for hydroxylation is 1. The fraction of sp³-hybridized carbons (Fsp3) is 0.417. The second kappa shape index (κ2) is 8.78. The molecule has 2 aliphatic rings. The van der Waals surface area contributed by atoms with Gasteiger partial charge in [-0.05, 0) is 49.9 Å². The molecule has 2 aromatic rings. The molecule has 1 fully saturated rings. The zero-order valence-corrected chi connectivity index (χ0v) is 17.6. The highest BCUT2D eigenvalue weighted by Gasteiger charge is 2.33. The van der Waals surface area contributed by atoms with Crippen LogP contribution < -0.4 is 15.0 Å². The highest BCUT2D eigenvalue weighted by Crippen LogP contribution is 2.35. The van der Waals surface area contributed by atoms with Crippen LogP contribution in [0.15, 0.2) is 48.5 Å². The summed E-state index contributed by atoms with van der Waals surface area (Å²) in [5.74, 6) is 0.783. The third-order valence-electron chi connectivity index (χ3n) is 5.85. The van der Waals surface area contributed by atoms with Crippen molar-refractivity contribution in [3.63, 3.8) is 0 Å². The first kappa shape index (κ1) is 20.3. The molecule has 2 aromatic carbocycles. The Kier molecular flexibility index (Phi) is 5.93. The molecule has 158 valence electrons. The monoisotopic (exact) mass is 407 g/mol. The summed E-state index contributed by atoms with van der Waals surface area (Å²) in [6.07, 6.45) is 1.32. The van der Waals surface area contributed by atoms with Crippen LogP contribution in [0.5, 0.6) is 5.75 Å². The van der Waals surface area contributed by atoms with Crippen LogP contribution in [0.1, 0.15) is 30.9 Å². The summed E-state index contributed by atoms with van der Waals surface area (Å²) in [7, 11) is 0. The Hall–Kier alpha value is -3.02. The fourth-order valence-corrected chi connectivity index (χ4v) is 4.16. The van der Waals surface area contributed by atoms with E-state index < -0.39 is 0 Å². The van der Waals surface area contributed by atoms with E-state index in [1.54, 1.807) is 0 Å². The van der Waals surface area contributed by atoms with Gasteiger partial charge in [0.05, 0.1) is 12.2 Å². The Morgan fingerprint density at radius 2 is 1.83 bits per heavy atom. The van der Waals surface area contributed by atoms with Gasteiger partial charge in [-0.2, -0.15) is 0 Å². The molecule has 2 heterocycles. The molecule has 1 atom stereocenters. The van der Waals surface area contributed by atoms with E-state index in [4.69, 9.17) is 4.74 Å². The van der Waals surface area contributed by atoms with Gasteiger partial charge in [0.1, 0.15) is 11.9 Å². The smallest absolute Gasteiger partial charge is 0.324 e. The van der Waals surface area contributed by atoms with Crippen LogP contribution in [0.2, 0.25) is 0 Å². The average Bonchev–Trinajstić information content (AvgIpc) is 2.77. The summed E-state index contributed by atoms with van der Waals surface area (Å²) in [6.45, 7) is 6.25. The number of carbonyl (C=O) groups excluding carboxylic acids is 2. The van der Waals surface area contributed by atoms with E-state index in [1.165, 1.54) is 0 Å². The van der Waals surface area contributed by atoms with Crippen LogP contribution >= 0.6 is 0 Å². The van der Waals surface area contributed by atoms with Gasteiger partial charge in [0.25, 0.3) is 0 Å². The lowest BCUT2D eigenvalue weighted by Gasteiger charge is -2.39. The molecular weight excluding hydrogens is 378 g/mol. The summed E-state index contributed by atoms with van der Waals surface area (Å²) >= 11 is 0. The molecule has 0 saturated carbocycles. The van der Waals surface area contributed by atoms with Crippen LogP contribution in [-0.2, 0) is 11.3 Å². The van der Waals surface area contributed by atoms with Crippen LogP contribution in [0.3, 0.4) is 0 Å². The van der Waals surface area contributed by atoms with Crippen LogP contribution in [0.4, 0.5) is 10.5 Å². The maximum atomic E-state index is 13.3. The SMILES string of the molecule is Cc1ccc2c(c1)N(C(=O)N1CCC(C(=O)NCc3ccccc3)CC1)CC(C)O2. The van der Waals surface area contributed by atoms with Crippen molar-refractivity contribution in [1.82, 2.24) is 10.2 Å². The molecule has 3 amide bonds. The number of fused-ring (bicyclic) bond motifs is 1. The van der Waals surface area contributed by atoms with Gasteiger partial charge in [-0.15, -0.1) is 0 Å². The van der Waals surface area contributed by atoms with Crippen molar-refractivity contribution in [3.8, 4) is 5.75 Å². The largest absolute Gasteiger partial charge is 0.487 e. The van der Waals surface area contributed by atoms with E-state index >= 15 is 0 Å². The summed E-state index contributed by atoms with van der Waals surface area (Å²) in [5.41, 5.74) is 3.02. The van der Waals surface area contributed by atoms with Gasteiger partial charge in [-0.1, -0.05) is 36.4 Å². The lowest BCUT2D eigenvalue weighted by molar-refractivity contribution is -0.126.